The predicted molar refractivity (Wildman–Crippen MR) is 68.0 cm³/mol. The van der Waals surface area contributed by atoms with E-state index in [4.69, 9.17) is 11.6 Å². The van der Waals surface area contributed by atoms with E-state index in [0.717, 1.165) is 12.1 Å². The average Bonchev–Trinajstić information content (AvgIpc) is 2.32. The maximum absolute atomic E-state index is 5.94. The van der Waals surface area contributed by atoms with Crippen LogP contribution in [-0.4, -0.2) is 24.7 Å². The first-order valence-electron chi connectivity index (χ1n) is 5.78. The van der Waals surface area contributed by atoms with E-state index in [0.29, 0.717) is 11.3 Å². The fraction of sp³-hybridized carbons (Fsp3) is 0.583. The number of hydrogen-bond acceptors (Lipinski definition) is 3. The highest BCUT2D eigenvalue weighted by Gasteiger charge is 2.21. The third kappa shape index (κ3) is 2.30. The van der Waals surface area contributed by atoms with Gasteiger partial charge in [-0.1, -0.05) is 11.6 Å². The highest BCUT2D eigenvalue weighted by molar-refractivity contribution is 6.30. The van der Waals surface area contributed by atoms with Crippen LogP contribution in [0, 0.1) is 6.92 Å². The van der Waals surface area contributed by atoms with E-state index in [-0.39, 0.29) is 0 Å². The Morgan fingerprint density at radius 2 is 2.31 bits per heavy atom. The van der Waals surface area contributed by atoms with E-state index in [2.05, 4.69) is 21.3 Å². The van der Waals surface area contributed by atoms with Gasteiger partial charge in [0.05, 0.1) is 18.1 Å². The lowest BCUT2D eigenvalue weighted by atomic mass is 10.1. The molecule has 0 aliphatic carbocycles. The van der Waals surface area contributed by atoms with Crippen molar-refractivity contribution in [2.24, 2.45) is 0 Å². The first-order chi connectivity index (χ1) is 7.72. The molecule has 3 nitrogen and oxygen atoms in total. The zero-order valence-electron chi connectivity index (χ0n) is 9.83. The Bertz CT molecular complexity index is 367. The molecule has 4 heteroatoms. The van der Waals surface area contributed by atoms with Gasteiger partial charge in [-0.05, 0) is 44.9 Å². The summed E-state index contributed by atoms with van der Waals surface area (Å²) in [6.45, 7) is 3.09. The molecule has 16 heavy (non-hydrogen) atoms. The molecular formula is C12H18ClN3. The number of nitrogens with zero attached hydrogens (tertiary/aromatic N) is 2. The Labute approximate surface area is 102 Å². The maximum atomic E-state index is 5.94. The predicted octanol–water partition coefficient (Wildman–Crippen LogP) is 2.58. The third-order valence-electron chi connectivity index (χ3n) is 3.17. The normalized spacial score (nSPS) is 21.2. The van der Waals surface area contributed by atoms with Crippen molar-refractivity contribution in [3.8, 4) is 0 Å². The van der Waals surface area contributed by atoms with Crippen molar-refractivity contribution in [3.05, 3.63) is 23.0 Å². The Morgan fingerprint density at radius 1 is 1.50 bits per heavy atom. The summed E-state index contributed by atoms with van der Waals surface area (Å²) in [5.74, 6) is 0. The van der Waals surface area contributed by atoms with Crippen LogP contribution in [0.4, 0.5) is 5.69 Å². The zero-order chi connectivity index (χ0) is 11.5. The minimum atomic E-state index is 0.427. The summed E-state index contributed by atoms with van der Waals surface area (Å²) in [6.07, 6.45) is 6.03. The molecule has 1 unspecified atom stereocenters. The zero-order valence-corrected chi connectivity index (χ0v) is 10.6. The Morgan fingerprint density at radius 3 is 3.00 bits per heavy atom. The van der Waals surface area contributed by atoms with E-state index in [1.807, 2.05) is 20.2 Å². The second-order valence-electron chi connectivity index (χ2n) is 4.29. The standard InChI is InChI=1S/C12H18ClN3/c1-9-7-10(8-15-12(9)13)16-6-4-3-5-11(16)14-2/h7-8,11,14H,3-6H2,1-2H3. The molecular weight excluding hydrogens is 222 g/mol. The summed E-state index contributed by atoms with van der Waals surface area (Å²) in [5, 5.41) is 3.95. The number of pyridine rings is 1. The summed E-state index contributed by atoms with van der Waals surface area (Å²) >= 11 is 5.94. The maximum Gasteiger partial charge on any atom is 0.132 e. The van der Waals surface area contributed by atoms with Gasteiger partial charge in [0.1, 0.15) is 5.15 Å². The second kappa shape index (κ2) is 5.02. The van der Waals surface area contributed by atoms with Crippen LogP contribution in [0.2, 0.25) is 5.15 Å². The van der Waals surface area contributed by atoms with E-state index >= 15 is 0 Å². The molecule has 0 bridgehead atoms. The monoisotopic (exact) mass is 239 g/mol. The van der Waals surface area contributed by atoms with Gasteiger partial charge in [0.25, 0.3) is 0 Å². The molecule has 1 aliphatic rings. The lowest BCUT2D eigenvalue weighted by molar-refractivity contribution is 0.418. The van der Waals surface area contributed by atoms with Gasteiger partial charge in [0.15, 0.2) is 0 Å². The smallest absolute Gasteiger partial charge is 0.132 e. The topological polar surface area (TPSA) is 28.2 Å². The van der Waals surface area contributed by atoms with Crippen LogP contribution in [-0.2, 0) is 0 Å². The lowest BCUT2D eigenvalue weighted by Gasteiger charge is -2.37. The molecule has 1 atom stereocenters. The molecule has 1 aliphatic heterocycles. The van der Waals surface area contributed by atoms with Crippen LogP contribution in [0.3, 0.4) is 0 Å². The van der Waals surface area contributed by atoms with Gasteiger partial charge in [-0.3, -0.25) is 0 Å². The summed E-state index contributed by atoms with van der Waals surface area (Å²) in [6, 6.07) is 2.12. The van der Waals surface area contributed by atoms with Gasteiger partial charge in [-0.25, -0.2) is 4.98 Å². The molecule has 88 valence electrons. The summed E-state index contributed by atoms with van der Waals surface area (Å²) < 4.78 is 0. The second-order valence-corrected chi connectivity index (χ2v) is 4.65. The van der Waals surface area contributed by atoms with Crippen molar-refractivity contribution in [1.29, 1.82) is 0 Å². The fourth-order valence-corrected chi connectivity index (χ4v) is 2.34. The number of piperidine rings is 1. The van der Waals surface area contributed by atoms with Crippen molar-refractivity contribution in [2.75, 3.05) is 18.5 Å². The van der Waals surface area contributed by atoms with Gasteiger partial charge in [0.2, 0.25) is 0 Å². The molecule has 0 amide bonds. The average molecular weight is 240 g/mol. The summed E-state index contributed by atoms with van der Waals surface area (Å²) in [4.78, 5) is 6.59. The van der Waals surface area contributed by atoms with E-state index in [1.54, 1.807) is 0 Å². The van der Waals surface area contributed by atoms with Gasteiger partial charge < -0.3 is 10.2 Å². The number of rotatable bonds is 2. The third-order valence-corrected chi connectivity index (χ3v) is 3.56. The first-order valence-corrected chi connectivity index (χ1v) is 6.16. The first kappa shape index (κ1) is 11.7. The van der Waals surface area contributed by atoms with E-state index in [9.17, 15) is 0 Å². The van der Waals surface area contributed by atoms with Gasteiger partial charge in [-0.2, -0.15) is 0 Å². The molecule has 0 radical (unpaired) electrons. The summed E-state index contributed by atoms with van der Waals surface area (Å²) in [5.41, 5.74) is 2.21. The van der Waals surface area contributed by atoms with Crippen molar-refractivity contribution in [2.45, 2.75) is 32.4 Å². The molecule has 2 rings (SSSR count). The largest absolute Gasteiger partial charge is 0.355 e. The highest BCUT2D eigenvalue weighted by atomic mass is 35.5. The number of halogens is 1. The number of hydrogen-bond donors (Lipinski definition) is 1. The SMILES string of the molecule is CNC1CCCCN1c1cnc(Cl)c(C)c1. The lowest BCUT2D eigenvalue weighted by Crippen LogP contribution is -2.47. The molecule has 1 saturated heterocycles. The Hall–Kier alpha value is -0.800. The molecule has 0 aromatic carbocycles. The van der Waals surface area contributed by atoms with E-state index < -0.39 is 0 Å². The molecule has 0 spiro atoms. The highest BCUT2D eigenvalue weighted by Crippen LogP contribution is 2.25. The van der Waals surface area contributed by atoms with Crippen LogP contribution < -0.4 is 10.2 Å². The fourth-order valence-electron chi connectivity index (χ4n) is 2.24. The van der Waals surface area contributed by atoms with Crippen molar-refractivity contribution < 1.29 is 0 Å². The number of aryl methyl sites for hydroxylation is 1. The quantitative estimate of drug-likeness (QED) is 0.805. The van der Waals surface area contributed by atoms with E-state index in [1.165, 1.54) is 24.9 Å². The van der Waals surface area contributed by atoms with Crippen LogP contribution in [0.5, 0.6) is 0 Å². The number of anilines is 1. The molecule has 0 saturated carbocycles. The Balaban J connectivity index is 2.23. The van der Waals surface area contributed by atoms with Crippen molar-refractivity contribution >= 4 is 17.3 Å². The van der Waals surface area contributed by atoms with Gasteiger partial charge >= 0.3 is 0 Å². The van der Waals surface area contributed by atoms with Crippen LogP contribution >= 0.6 is 11.6 Å². The molecule has 1 aromatic heterocycles. The van der Waals surface area contributed by atoms with Crippen molar-refractivity contribution in [1.82, 2.24) is 10.3 Å². The molecule has 1 aromatic rings. The molecule has 1 N–H and O–H groups in total. The van der Waals surface area contributed by atoms with Crippen LogP contribution in [0.15, 0.2) is 12.3 Å². The van der Waals surface area contributed by atoms with Gasteiger partial charge in [-0.15, -0.1) is 0 Å². The van der Waals surface area contributed by atoms with Crippen LogP contribution in [0.1, 0.15) is 24.8 Å². The minimum Gasteiger partial charge on any atom is -0.355 e. The number of aromatic nitrogens is 1. The van der Waals surface area contributed by atoms with Gasteiger partial charge in [0, 0.05) is 6.54 Å². The van der Waals surface area contributed by atoms with Crippen LogP contribution in [0.25, 0.3) is 0 Å². The molecule has 2 heterocycles. The van der Waals surface area contributed by atoms with Crippen molar-refractivity contribution in [3.63, 3.8) is 0 Å². The molecule has 1 fully saturated rings. The summed E-state index contributed by atoms with van der Waals surface area (Å²) in [7, 11) is 2.01. The Kier molecular flexibility index (Phi) is 3.66. The minimum absolute atomic E-state index is 0.427. The number of nitrogens with one attached hydrogen (secondary N) is 1.